The third-order valence-electron chi connectivity index (χ3n) is 4.47. The second-order valence-corrected chi connectivity index (χ2v) is 9.47. The SMILES string of the molecule is BC(B)(B)c1ccc2scc(Nc3ccc(C(C)(C)C)cc3)c2c1. The number of thiophene rings is 1. The van der Waals surface area contributed by atoms with E-state index in [0.717, 1.165) is 5.69 Å². The molecule has 5 heteroatoms. The molecule has 0 spiro atoms. The Hall–Kier alpha value is -1.61. The summed E-state index contributed by atoms with van der Waals surface area (Å²) in [7, 11) is 6.79. The summed E-state index contributed by atoms with van der Waals surface area (Å²) in [6.07, 6.45) is 0. The Kier molecular flexibility index (Phi) is 4.33. The van der Waals surface area contributed by atoms with Crippen molar-refractivity contribution in [2.24, 2.45) is 0 Å². The summed E-state index contributed by atoms with van der Waals surface area (Å²) < 4.78 is 1.33. The van der Waals surface area contributed by atoms with Crippen LogP contribution in [0.25, 0.3) is 10.1 Å². The number of fused-ring (bicyclic) bond motifs is 1. The van der Waals surface area contributed by atoms with Gasteiger partial charge in [0.15, 0.2) is 0 Å². The molecule has 2 aromatic carbocycles. The molecule has 3 rings (SSSR count). The minimum atomic E-state index is 0.168. The Bertz CT molecular complexity index is 855. The van der Waals surface area contributed by atoms with E-state index in [0.29, 0.717) is 0 Å². The summed E-state index contributed by atoms with van der Waals surface area (Å²) in [6.45, 7) is 6.74. The summed E-state index contributed by atoms with van der Waals surface area (Å²) in [5.41, 5.74) is 5.26. The largest absolute Gasteiger partial charge is 0.354 e. The zero-order valence-corrected chi connectivity index (χ0v) is 16.3. The molecular weight excluding hydrogens is 307 g/mol. The fraction of sp³-hybridized carbons (Fsp3) is 0.263. The monoisotopic (exact) mass is 331 g/mol. The topological polar surface area (TPSA) is 12.0 Å². The first-order valence-corrected chi connectivity index (χ1v) is 9.42. The van der Waals surface area contributed by atoms with Crippen molar-refractivity contribution in [1.29, 1.82) is 0 Å². The van der Waals surface area contributed by atoms with Crippen LogP contribution in [0.15, 0.2) is 47.8 Å². The Morgan fingerprint density at radius 1 is 0.875 bits per heavy atom. The molecular formula is C19H24B3NS. The van der Waals surface area contributed by atoms with E-state index in [4.69, 9.17) is 0 Å². The summed E-state index contributed by atoms with van der Waals surface area (Å²) in [6, 6.07) is 15.6. The van der Waals surface area contributed by atoms with Gasteiger partial charge < -0.3 is 5.32 Å². The van der Waals surface area contributed by atoms with Crippen molar-refractivity contribution in [3.63, 3.8) is 0 Å². The molecule has 0 fully saturated rings. The molecule has 0 saturated heterocycles. The van der Waals surface area contributed by atoms with Gasteiger partial charge in [0.05, 0.1) is 29.2 Å². The van der Waals surface area contributed by atoms with Gasteiger partial charge in [0.1, 0.15) is 0 Å². The molecule has 1 aromatic heterocycles. The van der Waals surface area contributed by atoms with Crippen LogP contribution in [0.1, 0.15) is 31.9 Å². The number of hydrogen-bond acceptors (Lipinski definition) is 2. The van der Waals surface area contributed by atoms with E-state index in [2.05, 4.69) is 97.5 Å². The van der Waals surface area contributed by atoms with Gasteiger partial charge in [-0.2, -0.15) is 0 Å². The molecule has 0 aliphatic rings. The Balaban J connectivity index is 1.92. The molecule has 0 amide bonds. The lowest BCUT2D eigenvalue weighted by Crippen LogP contribution is -2.26. The highest BCUT2D eigenvalue weighted by Gasteiger charge is 2.16. The van der Waals surface area contributed by atoms with Gasteiger partial charge in [-0.3, -0.25) is 0 Å². The molecule has 0 unspecified atom stereocenters. The highest BCUT2D eigenvalue weighted by Crippen LogP contribution is 2.34. The van der Waals surface area contributed by atoms with Crippen molar-refractivity contribution in [2.45, 2.75) is 31.3 Å². The predicted molar refractivity (Wildman–Crippen MR) is 118 cm³/mol. The lowest BCUT2D eigenvalue weighted by atomic mass is 9.40. The second-order valence-electron chi connectivity index (χ2n) is 8.56. The zero-order chi connectivity index (χ0) is 17.5. The van der Waals surface area contributed by atoms with Crippen molar-refractivity contribution in [2.75, 3.05) is 5.32 Å². The van der Waals surface area contributed by atoms with Gasteiger partial charge in [-0.1, -0.05) is 49.6 Å². The van der Waals surface area contributed by atoms with Crippen LogP contribution in [-0.2, 0) is 10.5 Å². The zero-order valence-electron chi connectivity index (χ0n) is 15.5. The van der Waals surface area contributed by atoms with Gasteiger partial charge in [0, 0.05) is 21.2 Å². The molecule has 0 atom stereocenters. The van der Waals surface area contributed by atoms with E-state index in [1.54, 1.807) is 11.3 Å². The maximum atomic E-state index is 3.59. The molecule has 0 saturated carbocycles. The van der Waals surface area contributed by atoms with Crippen molar-refractivity contribution < 1.29 is 0 Å². The maximum absolute atomic E-state index is 3.59. The first-order valence-electron chi connectivity index (χ1n) is 8.54. The van der Waals surface area contributed by atoms with Crippen LogP contribution < -0.4 is 5.32 Å². The average Bonchev–Trinajstić information content (AvgIpc) is 2.88. The smallest absolute Gasteiger partial charge is 0.0955 e. The number of nitrogens with one attached hydrogen (secondary N) is 1. The van der Waals surface area contributed by atoms with Crippen molar-refractivity contribution in [1.82, 2.24) is 0 Å². The lowest BCUT2D eigenvalue weighted by molar-refractivity contribution is 0.590. The van der Waals surface area contributed by atoms with E-state index in [1.165, 1.54) is 26.9 Å². The fourth-order valence-electron chi connectivity index (χ4n) is 2.80. The molecule has 0 aliphatic heterocycles. The maximum Gasteiger partial charge on any atom is 0.0955 e. The molecule has 3 aromatic rings. The minimum absolute atomic E-state index is 0.168. The molecule has 24 heavy (non-hydrogen) atoms. The van der Waals surface area contributed by atoms with Gasteiger partial charge in [-0.15, -0.1) is 11.3 Å². The van der Waals surface area contributed by atoms with E-state index in [9.17, 15) is 0 Å². The number of benzene rings is 2. The van der Waals surface area contributed by atoms with Gasteiger partial charge in [0.25, 0.3) is 0 Å². The van der Waals surface area contributed by atoms with Crippen LogP contribution >= 0.6 is 11.3 Å². The molecule has 0 radical (unpaired) electrons. The molecule has 0 aliphatic carbocycles. The average molecular weight is 331 g/mol. The molecule has 1 heterocycles. The minimum Gasteiger partial charge on any atom is -0.354 e. The standard InChI is InChI=1S/C19H24B3NS/c1-18(2,3)12-4-7-14(8-5-12)23-16-11-24-17-9-6-13(10-15(16)17)19(20,21)22/h4-11,23H,20-22H2,1-3H3. The highest BCUT2D eigenvalue weighted by atomic mass is 32.1. The van der Waals surface area contributed by atoms with Gasteiger partial charge in [-0.05, 0) is 35.2 Å². The van der Waals surface area contributed by atoms with Crippen molar-refractivity contribution in [3.8, 4) is 0 Å². The third kappa shape index (κ3) is 3.56. The van der Waals surface area contributed by atoms with Gasteiger partial charge in [-0.25, -0.2) is 0 Å². The van der Waals surface area contributed by atoms with Crippen LogP contribution in [0.4, 0.5) is 11.4 Å². The number of rotatable bonds is 3. The van der Waals surface area contributed by atoms with Gasteiger partial charge in [0.2, 0.25) is 0 Å². The second kappa shape index (κ2) is 6.04. The van der Waals surface area contributed by atoms with Crippen molar-refractivity contribution in [3.05, 3.63) is 59.0 Å². The molecule has 0 bridgehead atoms. The van der Waals surface area contributed by atoms with Crippen LogP contribution in [-0.4, -0.2) is 23.5 Å². The van der Waals surface area contributed by atoms with Crippen LogP contribution in [0.5, 0.6) is 0 Å². The number of hydrogen-bond donors (Lipinski definition) is 1. The molecule has 1 N–H and O–H groups in total. The quantitative estimate of drug-likeness (QED) is 0.728. The molecule has 1 nitrogen and oxygen atoms in total. The third-order valence-corrected chi connectivity index (χ3v) is 5.43. The van der Waals surface area contributed by atoms with E-state index in [1.807, 2.05) is 0 Å². The Morgan fingerprint density at radius 2 is 1.50 bits per heavy atom. The first kappa shape index (κ1) is 17.2. The van der Waals surface area contributed by atoms with Crippen LogP contribution in [0.3, 0.4) is 0 Å². The van der Waals surface area contributed by atoms with Gasteiger partial charge >= 0.3 is 0 Å². The van der Waals surface area contributed by atoms with E-state index >= 15 is 0 Å². The van der Waals surface area contributed by atoms with E-state index < -0.39 is 0 Å². The van der Waals surface area contributed by atoms with E-state index in [-0.39, 0.29) is 10.5 Å². The summed E-state index contributed by atoms with van der Waals surface area (Å²) in [4.78, 5) is 0. The summed E-state index contributed by atoms with van der Waals surface area (Å²) in [5, 5.41) is 7.29. The number of anilines is 2. The van der Waals surface area contributed by atoms with Crippen LogP contribution in [0.2, 0.25) is 0 Å². The van der Waals surface area contributed by atoms with Crippen molar-refractivity contribution >= 4 is 56.3 Å². The Labute approximate surface area is 152 Å². The Morgan fingerprint density at radius 3 is 2.08 bits per heavy atom. The molecule has 120 valence electrons. The predicted octanol–water partition coefficient (Wildman–Crippen LogP) is 2.95. The summed E-state index contributed by atoms with van der Waals surface area (Å²) >= 11 is 1.80. The fourth-order valence-corrected chi connectivity index (χ4v) is 3.67. The van der Waals surface area contributed by atoms with Crippen LogP contribution in [0, 0.1) is 0 Å². The lowest BCUT2D eigenvalue weighted by Gasteiger charge is -2.20. The summed E-state index contributed by atoms with van der Waals surface area (Å²) in [5.74, 6) is 0. The first-order chi connectivity index (χ1) is 11.1. The highest BCUT2D eigenvalue weighted by molar-refractivity contribution is 7.17. The normalized spacial score (nSPS) is 12.5.